The molecule has 0 aromatic heterocycles. The molecule has 0 aliphatic carbocycles. The van der Waals surface area contributed by atoms with E-state index in [9.17, 15) is 9.59 Å². The van der Waals surface area contributed by atoms with Crippen molar-refractivity contribution in [3.05, 3.63) is 87.9 Å². The highest BCUT2D eigenvalue weighted by molar-refractivity contribution is 9.10. The zero-order valence-corrected chi connectivity index (χ0v) is 15.5. The monoisotopic (exact) mass is 407 g/mol. The number of hydrogen-bond donors (Lipinski definition) is 0. The molecule has 0 spiro atoms. The molecule has 26 heavy (non-hydrogen) atoms. The van der Waals surface area contributed by atoms with Crippen molar-refractivity contribution in [2.45, 2.75) is 6.92 Å². The van der Waals surface area contributed by atoms with E-state index in [2.05, 4.69) is 15.9 Å². The van der Waals surface area contributed by atoms with Gasteiger partial charge in [-0.05, 0) is 67.1 Å². The lowest BCUT2D eigenvalue weighted by atomic mass is 10.1. The van der Waals surface area contributed by atoms with Gasteiger partial charge < -0.3 is 4.74 Å². The van der Waals surface area contributed by atoms with Crippen LogP contribution in [0.5, 0.6) is 11.5 Å². The summed E-state index contributed by atoms with van der Waals surface area (Å²) in [6.45, 7) is 2.00. The van der Waals surface area contributed by atoms with Gasteiger partial charge in [-0.3, -0.25) is 9.59 Å². The Hall–Kier alpha value is -2.92. The van der Waals surface area contributed by atoms with Gasteiger partial charge in [-0.1, -0.05) is 28.1 Å². The molecule has 128 valence electrons. The van der Waals surface area contributed by atoms with Crippen LogP contribution >= 0.6 is 15.9 Å². The summed E-state index contributed by atoms with van der Waals surface area (Å²) in [5.41, 5.74) is 2.45. The molecule has 1 heterocycles. The van der Waals surface area contributed by atoms with Gasteiger partial charge >= 0.3 is 0 Å². The first-order valence-corrected chi connectivity index (χ1v) is 8.85. The van der Waals surface area contributed by atoms with Gasteiger partial charge in [-0.15, -0.1) is 0 Å². The van der Waals surface area contributed by atoms with E-state index >= 15 is 0 Å². The average molecular weight is 408 g/mol. The van der Waals surface area contributed by atoms with E-state index in [1.54, 1.807) is 42.5 Å². The number of fused-ring (bicyclic) bond motifs is 1. The largest absolute Gasteiger partial charge is 0.457 e. The van der Waals surface area contributed by atoms with Gasteiger partial charge in [-0.2, -0.15) is 0 Å². The Kier molecular flexibility index (Phi) is 4.09. The first-order chi connectivity index (χ1) is 12.5. The molecule has 3 aromatic rings. The lowest BCUT2D eigenvalue weighted by Gasteiger charge is -2.14. The second-order valence-electron chi connectivity index (χ2n) is 6.05. The van der Waals surface area contributed by atoms with E-state index in [1.807, 2.05) is 31.2 Å². The summed E-state index contributed by atoms with van der Waals surface area (Å²) in [5.74, 6) is 0.741. The molecule has 2 amide bonds. The quantitative estimate of drug-likeness (QED) is 0.549. The highest BCUT2D eigenvalue weighted by Gasteiger charge is 2.36. The molecule has 0 bridgehead atoms. The van der Waals surface area contributed by atoms with Crippen molar-refractivity contribution in [3.63, 3.8) is 0 Å². The Balaban J connectivity index is 1.60. The predicted molar refractivity (Wildman–Crippen MR) is 103 cm³/mol. The van der Waals surface area contributed by atoms with Crippen molar-refractivity contribution >= 4 is 33.4 Å². The maximum Gasteiger partial charge on any atom is 0.266 e. The van der Waals surface area contributed by atoms with Crippen LogP contribution in [0.1, 0.15) is 26.3 Å². The molecule has 1 aliphatic heterocycles. The Bertz CT molecular complexity index is 1030. The summed E-state index contributed by atoms with van der Waals surface area (Å²) in [4.78, 5) is 26.4. The predicted octanol–water partition coefficient (Wildman–Crippen LogP) is 5.35. The van der Waals surface area contributed by atoms with Gasteiger partial charge in [-0.25, -0.2) is 4.90 Å². The number of carbonyl (C=O) groups excluding carboxylic acids is 2. The van der Waals surface area contributed by atoms with Gasteiger partial charge in [0.05, 0.1) is 16.8 Å². The van der Waals surface area contributed by atoms with Crippen LogP contribution in [-0.4, -0.2) is 11.8 Å². The zero-order valence-electron chi connectivity index (χ0n) is 13.9. The third-order valence-corrected chi connectivity index (χ3v) is 4.66. The Morgan fingerprint density at radius 3 is 2.27 bits per heavy atom. The zero-order chi connectivity index (χ0) is 18.3. The van der Waals surface area contributed by atoms with Crippen LogP contribution in [0.2, 0.25) is 0 Å². The van der Waals surface area contributed by atoms with Gasteiger partial charge in [0, 0.05) is 4.47 Å². The highest BCUT2D eigenvalue weighted by Crippen LogP contribution is 2.32. The van der Waals surface area contributed by atoms with Crippen LogP contribution in [0.3, 0.4) is 0 Å². The number of rotatable bonds is 3. The topological polar surface area (TPSA) is 46.6 Å². The van der Waals surface area contributed by atoms with Crippen LogP contribution in [-0.2, 0) is 0 Å². The molecule has 0 radical (unpaired) electrons. The number of aryl methyl sites for hydroxylation is 1. The summed E-state index contributed by atoms with van der Waals surface area (Å²) in [6.07, 6.45) is 0. The molecule has 3 aromatic carbocycles. The number of halogens is 1. The summed E-state index contributed by atoms with van der Waals surface area (Å²) >= 11 is 3.34. The van der Waals surface area contributed by atoms with Crippen molar-refractivity contribution < 1.29 is 14.3 Å². The summed E-state index contributed by atoms with van der Waals surface area (Å²) in [5, 5.41) is 0. The third kappa shape index (κ3) is 2.91. The van der Waals surface area contributed by atoms with Crippen molar-refractivity contribution in [1.29, 1.82) is 0 Å². The molecule has 0 atom stereocenters. The molecule has 0 N–H and O–H groups in total. The van der Waals surface area contributed by atoms with Gasteiger partial charge in [0.25, 0.3) is 11.8 Å². The van der Waals surface area contributed by atoms with Crippen LogP contribution < -0.4 is 9.64 Å². The highest BCUT2D eigenvalue weighted by atomic mass is 79.9. The number of ether oxygens (including phenoxy) is 1. The van der Waals surface area contributed by atoms with Crippen LogP contribution in [0.15, 0.2) is 71.2 Å². The SMILES string of the molecule is Cc1cccc(Oc2ccc(N3C(=O)c4ccc(Br)cc4C3=O)cc2)c1. The Morgan fingerprint density at radius 2 is 1.54 bits per heavy atom. The molecule has 4 rings (SSSR count). The molecular formula is C21H14BrNO3. The fourth-order valence-electron chi connectivity index (χ4n) is 2.93. The summed E-state index contributed by atoms with van der Waals surface area (Å²) < 4.78 is 6.58. The van der Waals surface area contributed by atoms with E-state index in [0.29, 0.717) is 22.6 Å². The number of anilines is 1. The molecule has 4 nitrogen and oxygen atoms in total. The fraction of sp³-hybridized carbons (Fsp3) is 0.0476. The van der Waals surface area contributed by atoms with Gasteiger partial charge in [0.15, 0.2) is 0 Å². The fourth-order valence-corrected chi connectivity index (χ4v) is 3.29. The minimum atomic E-state index is -0.321. The molecule has 1 aliphatic rings. The minimum absolute atomic E-state index is 0.315. The van der Waals surface area contributed by atoms with E-state index in [1.165, 1.54) is 4.90 Å². The second-order valence-corrected chi connectivity index (χ2v) is 6.96. The molecule has 0 unspecified atom stereocenters. The van der Waals surface area contributed by atoms with Crippen molar-refractivity contribution in [3.8, 4) is 11.5 Å². The molecule has 0 saturated heterocycles. The number of imide groups is 1. The third-order valence-electron chi connectivity index (χ3n) is 4.17. The number of nitrogens with zero attached hydrogens (tertiary/aromatic N) is 1. The van der Waals surface area contributed by atoms with E-state index in [4.69, 9.17) is 4.74 Å². The van der Waals surface area contributed by atoms with Gasteiger partial charge in [0.2, 0.25) is 0 Å². The number of amides is 2. The van der Waals surface area contributed by atoms with Crippen molar-refractivity contribution in [2.24, 2.45) is 0 Å². The van der Waals surface area contributed by atoms with Crippen LogP contribution in [0.4, 0.5) is 5.69 Å². The normalized spacial score (nSPS) is 13.1. The van der Waals surface area contributed by atoms with Crippen molar-refractivity contribution in [2.75, 3.05) is 4.90 Å². The summed E-state index contributed by atoms with van der Waals surface area (Å²) in [6, 6.07) is 19.7. The Labute approximate surface area is 159 Å². The molecule has 0 saturated carbocycles. The average Bonchev–Trinajstić information content (AvgIpc) is 2.86. The maximum absolute atomic E-state index is 12.6. The summed E-state index contributed by atoms with van der Waals surface area (Å²) in [7, 11) is 0. The number of benzene rings is 3. The molecule has 0 fully saturated rings. The number of carbonyl (C=O) groups is 2. The van der Waals surface area contributed by atoms with Crippen LogP contribution in [0.25, 0.3) is 0 Å². The molecular weight excluding hydrogens is 394 g/mol. The lowest BCUT2D eigenvalue weighted by Crippen LogP contribution is -2.29. The van der Waals surface area contributed by atoms with Crippen LogP contribution in [0, 0.1) is 6.92 Å². The molecule has 5 heteroatoms. The van der Waals surface area contributed by atoms with Gasteiger partial charge in [0.1, 0.15) is 11.5 Å². The lowest BCUT2D eigenvalue weighted by molar-refractivity contribution is 0.0926. The van der Waals surface area contributed by atoms with E-state index in [0.717, 1.165) is 15.8 Å². The first-order valence-electron chi connectivity index (χ1n) is 8.06. The maximum atomic E-state index is 12.6. The van der Waals surface area contributed by atoms with Crippen molar-refractivity contribution in [1.82, 2.24) is 0 Å². The smallest absolute Gasteiger partial charge is 0.266 e. The van der Waals surface area contributed by atoms with E-state index < -0.39 is 0 Å². The minimum Gasteiger partial charge on any atom is -0.457 e. The second kappa shape index (κ2) is 6.42. The standard InChI is InChI=1S/C21H14BrNO3/c1-13-3-2-4-17(11-13)26-16-8-6-15(7-9-16)23-20(24)18-10-5-14(22)12-19(18)21(23)25/h2-12H,1H3. The Morgan fingerprint density at radius 1 is 0.808 bits per heavy atom. The number of hydrogen-bond acceptors (Lipinski definition) is 3. The first kappa shape index (κ1) is 16.5. The van der Waals surface area contributed by atoms with E-state index in [-0.39, 0.29) is 11.8 Å².